The molecule has 2 aromatic carbocycles. The topological polar surface area (TPSA) is 36.4 Å². The number of halogens is 3. The summed E-state index contributed by atoms with van der Waals surface area (Å²) in [4.78, 5) is 21.1. The molecule has 1 aromatic heterocycles. The molecule has 27 heavy (non-hydrogen) atoms. The summed E-state index contributed by atoms with van der Waals surface area (Å²) in [5, 5.41) is 0.871. The molecule has 0 aliphatic rings. The molecule has 144 valence electrons. The Labute approximate surface area is 173 Å². The zero-order chi connectivity index (χ0) is 18.7. The Morgan fingerprint density at radius 3 is 2.56 bits per heavy atom. The van der Waals surface area contributed by atoms with Crippen LogP contribution in [0.15, 0.2) is 42.5 Å². The van der Waals surface area contributed by atoms with Crippen molar-refractivity contribution in [1.29, 1.82) is 0 Å². The maximum absolute atomic E-state index is 14.0. The van der Waals surface area contributed by atoms with Crippen LogP contribution in [-0.2, 0) is 0 Å². The minimum Gasteiger partial charge on any atom is -0.309 e. The lowest BCUT2D eigenvalue weighted by molar-refractivity contribution is 0.0986. The van der Waals surface area contributed by atoms with Crippen molar-refractivity contribution in [3.63, 3.8) is 0 Å². The Kier molecular flexibility index (Phi) is 7.56. The van der Waals surface area contributed by atoms with E-state index in [1.54, 1.807) is 41.3 Å². The molecule has 3 rings (SSSR count). The fourth-order valence-corrected chi connectivity index (χ4v) is 3.85. The van der Waals surface area contributed by atoms with E-state index < -0.39 is 0 Å². The normalized spacial score (nSPS) is 10.9. The van der Waals surface area contributed by atoms with E-state index in [4.69, 9.17) is 11.6 Å². The molecule has 0 N–H and O–H groups in total. The molecule has 0 saturated carbocycles. The van der Waals surface area contributed by atoms with Crippen LogP contribution in [0.4, 0.5) is 9.52 Å². The molecule has 0 saturated heterocycles. The van der Waals surface area contributed by atoms with Gasteiger partial charge in [-0.25, -0.2) is 9.37 Å². The predicted molar refractivity (Wildman–Crippen MR) is 113 cm³/mol. The van der Waals surface area contributed by atoms with Gasteiger partial charge in [0.05, 0.1) is 15.3 Å². The monoisotopic (exact) mass is 427 g/mol. The molecule has 0 spiro atoms. The lowest BCUT2D eigenvalue weighted by Crippen LogP contribution is -2.33. The fraction of sp³-hybridized carbons (Fsp3) is 0.263. The lowest BCUT2D eigenvalue weighted by Gasteiger charge is -2.21. The maximum atomic E-state index is 14.0. The van der Waals surface area contributed by atoms with Crippen LogP contribution in [0.1, 0.15) is 16.8 Å². The van der Waals surface area contributed by atoms with Crippen LogP contribution in [0, 0.1) is 5.82 Å². The van der Waals surface area contributed by atoms with Crippen molar-refractivity contribution in [2.75, 3.05) is 32.1 Å². The predicted octanol–water partition coefficient (Wildman–Crippen LogP) is 5.11. The van der Waals surface area contributed by atoms with Gasteiger partial charge in [0.2, 0.25) is 0 Å². The number of para-hydroxylation sites is 1. The number of anilines is 1. The smallest absolute Gasteiger partial charge is 0.261 e. The summed E-state index contributed by atoms with van der Waals surface area (Å²) in [5.41, 5.74) is 0.704. The van der Waals surface area contributed by atoms with Crippen molar-refractivity contribution in [1.82, 2.24) is 9.88 Å². The SMILES string of the molecule is CN(C)CCCN(C(=O)c1ccccc1Cl)c1nc2c(F)cccc2s1.Cl. The third kappa shape index (κ3) is 4.96. The second-order valence-corrected chi connectivity index (χ2v) is 7.59. The molecule has 0 bridgehead atoms. The van der Waals surface area contributed by atoms with E-state index in [0.717, 1.165) is 13.0 Å². The number of carbonyl (C=O) groups is 1. The molecule has 8 heteroatoms. The highest BCUT2D eigenvalue weighted by Gasteiger charge is 2.23. The molecular formula is C19H20Cl2FN3OS. The highest BCUT2D eigenvalue weighted by molar-refractivity contribution is 7.22. The first-order valence-corrected chi connectivity index (χ1v) is 9.43. The highest BCUT2D eigenvalue weighted by Crippen LogP contribution is 2.32. The molecule has 0 aliphatic heterocycles. The van der Waals surface area contributed by atoms with Crippen LogP contribution >= 0.6 is 35.3 Å². The Morgan fingerprint density at radius 2 is 1.89 bits per heavy atom. The number of hydrogen-bond acceptors (Lipinski definition) is 4. The summed E-state index contributed by atoms with van der Waals surface area (Å²) in [6.07, 6.45) is 0.765. The van der Waals surface area contributed by atoms with Crippen LogP contribution in [0.2, 0.25) is 5.02 Å². The van der Waals surface area contributed by atoms with Crippen molar-refractivity contribution in [2.45, 2.75) is 6.42 Å². The van der Waals surface area contributed by atoms with E-state index in [2.05, 4.69) is 9.88 Å². The summed E-state index contributed by atoms with van der Waals surface area (Å²) < 4.78 is 14.7. The van der Waals surface area contributed by atoms with E-state index in [1.807, 2.05) is 14.1 Å². The maximum Gasteiger partial charge on any atom is 0.261 e. The summed E-state index contributed by atoms with van der Waals surface area (Å²) in [6, 6.07) is 11.8. The molecule has 0 atom stereocenters. The summed E-state index contributed by atoms with van der Waals surface area (Å²) in [7, 11) is 3.96. The van der Waals surface area contributed by atoms with Gasteiger partial charge in [0.1, 0.15) is 11.3 Å². The van der Waals surface area contributed by atoms with Gasteiger partial charge in [-0.2, -0.15) is 0 Å². The average Bonchev–Trinajstić information content (AvgIpc) is 3.03. The van der Waals surface area contributed by atoms with Gasteiger partial charge in [0, 0.05) is 6.54 Å². The summed E-state index contributed by atoms with van der Waals surface area (Å²) in [5.74, 6) is -0.614. The largest absolute Gasteiger partial charge is 0.309 e. The Hall–Kier alpha value is -1.73. The van der Waals surface area contributed by atoms with Crippen molar-refractivity contribution < 1.29 is 9.18 Å². The van der Waals surface area contributed by atoms with Crippen LogP contribution in [0.25, 0.3) is 10.2 Å². The number of amides is 1. The quantitative estimate of drug-likeness (QED) is 0.548. The van der Waals surface area contributed by atoms with Crippen molar-refractivity contribution in [2.24, 2.45) is 0 Å². The van der Waals surface area contributed by atoms with Crippen LogP contribution in [0.5, 0.6) is 0 Å². The standard InChI is InChI=1S/C19H19ClFN3OS.ClH/c1-23(2)11-6-12-24(18(25)13-7-3-4-8-14(13)20)19-22-17-15(21)9-5-10-16(17)26-19;/h3-5,7-10H,6,11-12H2,1-2H3;1H. The van der Waals surface area contributed by atoms with Crippen molar-refractivity contribution in [3.05, 3.63) is 58.9 Å². The number of rotatable bonds is 6. The zero-order valence-corrected chi connectivity index (χ0v) is 17.4. The van der Waals surface area contributed by atoms with E-state index >= 15 is 0 Å². The van der Waals surface area contributed by atoms with Gasteiger partial charge in [0.15, 0.2) is 5.13 Å². The van der Waals surface area contributed by atoms with Crippen LogP contribution in [-0.4, -0.2) is 43.0 Å². The molecule has 0 fully saturated rings. The van der Waals surface area contributed by atoms with Gasteiger partial charge in [-0.15, -0.1) is 12.4 Å². The number of fused-ring (bicyclic) bond motifs is 1. The Morgan fingerprint density at radius 1 is 1.15 bits per heavy atom. The van der Waals surface area contributed by atoms with Gasteiger partial charge in [0.25, 0.3) is 5.91 Å². The third-order valence-electron chi connectivity index (χ3n) is 3.93. The third-order valence-corrected chi connectivity index (χ3v) is 5.30. The van der Waals surface area contributed by atoms with Gasteiger partial charge in [-0.05, 0) is 51.3 Å². The molecular weight excluding hydrogens is 408 g/mol. The number of nitrogens with zero attached hydrogens (tertiary/aromatic N) is 3. The molecule has 0 radical (unpaired) electrons. The number of aromatic nitrogens is 1. The van der Waals surface area contributed by atoms with Gasteiger partial charge >= 0.3 is 0 Å². The Balaban J connectivity index is 0.00000261. The number of benzene rings is 2. The first-order chi connectivity index (χ1) is 12.5. The van der Waals surface area contributed by atoms with Gasteiger partial charge in [-0.3, -0.25) is 9.69 Å². The van der Waals surface area contributed by atoms with E-state index in [-0.39, 0.29) is 29.6 Å². The molecule has 1 amide bonds. The Bertz CT molecular complexity index is 932. The molecule has 0 aliphatic carbocycles. The molecule has 3 aromatic rings. The molecule has 4 nitrogen and oxygen atoms in total. The van der Waals surface area contributed by atoms with E-state index in [9.17, 15) is 9.18 Å². The average molecular weight is 428 g/mol. The zero-order valence-electron chi connectivity index (χ0n) is 15.0. The number of carbonyl (C=O) groups excluding carboxylic acids is 1. The van der Waals surface area contributed by atoms with Crippen molar-refractivity contribution in [3.8, 4) is 0 Å². The number of hydrogen-bond donors (Lipinski definition) is 0. The molecule has 1 heterocycles. The summed E-state index contributed by atoms with van der Waals surface area (Å²) in [6.45, 7) is 1.30. The first-order valence-electron chi connectivity index (χ1n) is 8.23. The van der Waals surface area contributed by atoms with Crippen molar-refractivity contribution >= 4 is 56.6 Å². The van der Waals surface area contributed by atoms with Crippen LogP contribution in [0.3, 0.4) is 0 Å². The van der Waals surface area contributed by atoms with E-state index in [0.29, 0.717) is 27.0 Å². The van der Waals surface area contributed by atoms with E-state index in [1.165, 1.54) is 17.4 Å². The molecule has 0 unspecified atom stereocenters. The minimum atomic E-state index is -0.386. The minimum absolute atomic E-state index is 0. The van der Waals surface area contributed by atoms with Crippen LogP contribution < -0.4 is 4.90 Å². The fourth-order valence-electron chi connectivity index (χ4n) is 2.63. The van der Waals surface area contributed by atoms with Gasteiger partial charge < -0.3 is 4.90 Å². The second-order valence-electron chi connectivity index (χ2n) is 6.18. The van der Waals surface area contributed by atoms with Gasteiger partial charge in [-0.1, -0.05) is 41.1 Å². The lowest BCUT2D eigenvalue weighted by atomic mass is 10.2. The summed E-state index contributed by atoms with van der Waals surface area (Å²) >= 11 is 7.51. The highest BCUT2D eigenvalue weighted by atomic mass is 35.5. The first kappa shape index (κ1) is 21.6. The number of thiazole rings is 1. The second kappa shape index (κ2) is 9.46.